The fraction of sp³-hybridized carbons (Fsp3) is 0.379. The number of nitrogens with one attached hydrogen (secondary N) is 1. The zero-order valence-electron chi connectivity index (χ0n) is 21.1. The van der Waals surface area contributed by atoms with Gasteiger partial charge >= 0.3 is 0 Å². The highest BCUT2D eigenvalue weighted by molar-refractivity contribution is 6.08. The molecule has 1 aromatic heterocycles. The minimum absolute atomic E-state index is 0.0180. The molecule has 36 heavy (non-hydrogen) atoms. The molecule has 0 saturated carbocycles. The molecule has 6 nitrogen and oxygen atoms in total. The molecule has 0 bridgehead atoms. The van der Waals surface area contributed by atoms with Crippen molar-refractivity contribution in [1.82, 2.24) is 9.47 Å². The smallest absolute Gasteiger partial charge is 0.245 e. The van der Waals surface area contributed by atoms with Gasteiger partial charge in [0.15, 0.2) is 0 Å². The van der Waals surface area contributed by atoms with E-state index in [1.165, 1.54) is 12.1 Å². The largest absolute Gasteiger partial charge is 0.387 e. The summed E-state index contributed by atoms with van der Waals surface area (Å²) in [7, 11) is 1.84. The fourth-order valence-electron chi connectivity index (χ4n) is 5.62. The highest BCUT2D eigenvalue weighted by Gasteiger charge is 2.46. The first-order valence-corrected chi connectivity index (χ1v) is 12.6. The van der Waals surface area contributed by atoms with Gasteiger partial charge in [0.2, 0.25) is 11.8 Å². The third-order valence-electron chi connectivity index (χ3n) is 7.70. The minimum Gasteiger partial charge on any atom is -0.387 e. The van der Waals surface area contributed by atoms with Crippen LogP contribution in [0.4, 0.5) is 15.8 Å². The molecular weight excluding hydrogens is 455 g/mol. The summed E-state index contributed by atoms with van der Waals surface area (Å²) in [4.78, 5) is 31.0. The van der Waals surface area contributed by atoms with E-state index in [0.29, 0.717) is 19.5 Å². The van der Waals surface area contributed by atoms with Gasteiger partial charge in [-0.1, -0.05) is 30.3 Å². The molecule has 1 unspecified atom stereocenters. The van der Waals surface area contributed by atoms with E-state index >= 15 is 0 Å². The molecule has 2 aliphatic heterocycles. The van der Waals surface area contributed by atoms with Crippen LogP contribution in [-0.4, -0.2) is 47.5 Å². The van der Waals surface area contributed by atoms with Gasteiger partial charge < -0.3 is 19.7 Å². The van der Waals surface area contributed by atoms with Crippen LogP contribution in [0.1, 0.15) is 43.9 Å². The van der Waals surface area contributed by atoms with Crippen molar-refractivity contribution < 1.29 is 14.0 Å². The number of carbonyl (C=O) groups excluding carboxylic acids is 2. The van der Waals surface area contributed by atoms with Gasteiger partial charge in [0.05, 0.1) is 11.1 Å². The summed E-state index contributed by atoms with van der Waals surface area (Å²) in [5, 5.41) is 3.11. The summed E-state index contributed by atoms with van der Waals surface area (Å²) in [5.74, 6) is -0.157. The summed E-state index contributed by atoms with van der Waals surface area (Å²) < 4.78 is 15.8. The number of carbonyl (C=O) groups is 2. The lowest BCUT2D eigenvalue weighted by atomic mass is 9.86. The SMILES string of the molecule is CNc1ccn(C(Cc2cccc(F)c2)C(=O)N2CCC(N3C(=O)C(C)(C)c4ccccc43)CC2)c1. The second-order valence-electron chi connectivity index (χ2n) is 10.3. The van der Waals surface area contributed by atoms with Gasteiger partial charge in [-0.05, 0) is 62.1 Å². The number of benzene rings is 2. The highest BCUT2D eigenvalue weighted by Crippen LogP contribution is 2.43. The number of piperidine rings is 1. The molecule has 1 saturated heterocycles. The first kappa shape index (κ1) is 24.1. The van der Waals surface area contributed by atoms with Gasteiger partial charge in [-0.3, -0.25) is 9.59 Å². The molecule has 2 aliphatic rings. The number of para-hydroxylation sites is 1. The Hall–Kier alpha value is -3.61. The number of aromatic nitrogens is 1. The Bertz CT molecular complexity index is 1280. The average Bonchev–Trinajstić information content (AvgIpc) is 3.44. The van der Waals surface area contributed by atoms with Crippen LogP contribution in [0.2, 0.25) is 0 Å². The number of nitrogens with zero attached hydrogens (tertiary/aromatic N) is 3. The predicted molar refractivity (Wildman–Crippen MR) is 140 cm³/mol. The number of hydrogen-bond acceptors (Lipinski definition) is 3. The molecule has 3 heterocycles. The van der Waals surface area contributed by atoms with Gasteiger partial charge in [0.1, 0.15) is 11.9 Å². The van der Waals surface area contributed by atoms with Crippen molar-refractivity contribution in [2.24, 2.45) is 0 Å². The first-order valence-electron chi connectivity index (χ1n) is 12.6. The van der Waals surface area contributed by atoms with E-state index in [-0.39, 0.29) is 23.7 Å². The van der Waals surface area contributed by atoms with Gasteiger partial charge in [0.25, 0.3) is 0 Å². The molecule has 188 valence electrons. The Balaban J connectivity index is 1.33. The Kier molecular flexibility index (Phi) is 6.33. The van der Waals surface area contributed by atoms with Crippen molar-refractivity contribution in [3.05, 3.63) is 83.9 Å². The maximum Gasteiger partial charge on any atom is 0.245 e. The monoisotopic (exact) mass is 488 g/mol. The normalized spacial score (nSPS) is 18.3. The Morgan fingerprint density at radius 3 is 2.56 bits per heavy atom. The van der Waals surface area contributed by atoms with Crippen molar-refractivity contribution in [2.75, 3.05) is 30.4 Å². The lowest BCUT2D eigenvalue weighted by Gasteiger charge is -2.39. The van der Waals surface area contributed by atoms with E-state index < -0.39 is 11.5 Å². The third-order valence-corrected chi connectivity index (χ3v) is 7.70. The number of anilines is 2. The van der Waals surface area contributed by atoms with Crippen LogP contribution in [-0.2, 0) is 21.4 Å². The molecule has 1 N–H and O–H groups in total. The van der Waals surface area contributed by atoms with Gasteiger partial charge in [-0.15, -0.1) is 0 Å². The molecule has 0 spiro atoms. The van der Waals surface area contributed by atoms with E-state index in [4.69, 9.17) is 0 Å². The van der Waals surface area contributed by atoms with Crippen LogP contribution < -0.4 is 10.2 Å². The van der Waals surface area contributed by atoms with E-state index in [9.17, 15) is 14.0 Å². The fourth-order valence-corrected chi connectivity index (χ4v) is 5.62. The quantitative estimate of drug-likeness (QED) is 0.544. The Morgan fingerprint density at radius 1 is 1.11 bits per heavy atom. The number of likely N-dealkylation sites (tertiary alicyclic amines) is 1. The third kappa shape index (κ3) is 4.27. The van der Waals surface area contributed by atoms with E-state index in [2.05, 4.69) is 5.32 Å². The van der Waals surface area contributed by atoms with Crippen molar-refractivity contribution in [3.8, 4) is 0 Å². The Labute approximate surface area is 211 Å². The molecular formula is C29H33FN4O2. The van der Waals surface area contributed by atoms with E-state index in [0.717, 1.165) is 35.3 Å². The van der Waals surface area contributed by atoms with Gasteiger partial charge in [-0.25, -0.2) is 4.39 Å². The van der Waals surface area contributed by atoms with Crippen LogP contribution in [0.25, 0.3) is 0 Å². The predicted octanol–water partition coefficient (Wildman–Crippen LogP) is 4.77. The highest BCUT2D eigenvalue weighted by atomic mass is 19.1. The van der Waals surface area contributed by atoms with Crippen molar-refractivity contribution >= 4 is 23.2 Å². The molecule has 2 aromatic carbocycles. The second-order valence-corrected chi connectivity index (χ2v) is 10.3. The van der Waals surface area contributed by atoms with E-state index in [1.54, 1.807) is 6.07 Å². The topological polar surface area (TPSA) is 57.6 Å². The standard InChI is InChI=1S/C29H33FN4O2/c1-29(2)24-9-4-5-10-25(24)34(28(29)36)23-12-15-32(16-13-23)27(35)26(33-14-11-22(19-33)31-3)18-20-7-6-8-21(30)17-20/h4-11,14,17,19,23,26,31H,12-13,15-16,18H2,1-3H3. The van der Waals surface area contributed by atoms with Crippen LogP contribution in [0, 0.1) is 5.82 Å². The summed E-state index contributed by atoms with van der Waals surface area (Å²) in [6.07, 6.45) is 5.66. The minimum atomic E-state index is -0.543. The van der Waals surface area contributed by atoms with Gasteiger partial charge in [0, 0.05) is 50.7 Å². The van der Waals surface area contributed by atoms with Crippen molar-refractivity contribution in [3.63, 3.8) is 0 Å². The van der Waals surface area contributed by atoms with Crippen molar-refractivity contribution in [2.45, 2.75) is 50.6 Å². The maximum absolute atomic E-state index is 13.9. The number of fused-ring (bicyclic) bond motifs is 1. The number of hydrogen-bond donors (Lipinski definition) is 1. The van der Waals surface area contributed by atoms with Crippen molar-refractivity contribution in [1.29, 1.82) is 0 Å². The summed E-state index contributed by atoms with van der Waals surface area (Å²) >= 11 is 0. The summed E-state index contributed by atoms with van der Waals surface area (Å²) in [5.41, 5.74) is 3.22. The number of amides is 2. The van der Waals surface area contributed by atoms with Crippen LogP contribution in [0.5, 0.6) is 0 Å². The van der Waals surface area contributed by atoms with Crippen LogP contribution >= 0.6 is 0 Å². The Morgan fingerprint density at radius 2 is 1.86 bits per heavy atom. The summed E-state index contributed by atoms with van der Waals surface area (Å²) in [6.45, 7) is 5.13. The van der Waals surface area contributed by atoms with E-state index in [1.807, 2.05) is 84.1 Å². The lowest BCUT2D eigenvalue weighted by molar-refractivity contribution is -0.135. The van der Waals surface area contributed by atoms with Gasteiger partial charge in [-0.2, -0.15) is 0 Å². The van der Waals surface area contributed by atoms with Crippen LogP contribution in [0.3, 0.4) is 0 Å². The molecule has 0 aliphatic carbocycles. The average molecular weight is 489 g/mol. The second kappa shape index (κ2) is 9.45. The maximum atomic E-state index is 13.9. The first-order chi connectivity index (χ1) is 17.3. The molecule has 1 fully saturated rings. The molecule has 7 heteroatoms. The number of halogens is 1. The molecule has 0 radical (unpaired) electrons. The lowest BCUT2D eigenvalue weighted by Crippen LogP contribution is -2.51. The molecule has 5 rings (SSSR count). The number of rotatable bonds is 6. The van der Waals surface area contributed by atoms with Crippen LogP contribution in [0.15, 0.2) is 67.0 Å². The zero-order chi connectivity index (χ0) is 25.4. The zero-order valence-corrected chi connectivity index (χ0v) is 21.1. The molecule has 3 aromatic rings. The molecule has 2 amide bonds. The molecule has 1 atom stereocenters. The summed E-state index contributed by atoms with van der Waals surface area (Å²) in [6, 6.07) is 16.0.